The highest BCUT2D eigenvalue weighted by Crippen LogP contribution is 2.02. The zero-order valence-corrected chi connectivity index (χ0v) is 11.4. The molecule has 1 heterocycles. The lowest BCUT2D eigenvalue weighted by molar-refractivity contribution is -0.132. The Kier molecular flexibility index (Phi) is 5.96. The Morgan fingerprint density at radius 3 is 2.89 bits per heavy atom. The summed E-state index contributed by atoms with van der Waals surface area (Å²) in [6.07, 6.45) is 2.00. The van der Waals surface area contributed by atoms with Gasteiger partial charge in [0.1, 0.15) is 6.54 Å². The van der Waals surface area contributed by atoms with Crippen molar-refractivity contribution in [3.8, 4) is 6.07 Å². The molecule has 2 N–H and O–H groups in total. The Morgan fingerprint density at radius 2 is 2.37 bits per heavy atom. The lowest BCUT2D eigenvalue weighted by Gasteiger charge is -2.23. The van der Waals surface area contributed by atoms with E-state index >= 15 is 0 Å². The van der Waals surface area contributed by atoms with Crippen molar-refractivity contribution in [2.75, 3.05) is 13.1 Å². The van der Waals surface area contributed by atoms with E-state index in [1.807, 2.05) is 13.8 Å². The van der Waals surface area contributed by atoms with E-state index in [0.29, 0.717) is 37.7 Å². The van der Waals surface area contributed by atoms with Crippen LogP contribution in [-0.2, 0) is 17.9 Å². The summed E-state index contributed by atoms with van der Waals surface area (Å²) in [6, 6.07) is 2.06. The van der Waals surface area contributed by atoms with E-state index in [4.69, 9.17) is 11.0 Å². The normalized spacial score (nSPS) is 10.5. The van der Waals surface area contributed by atoms with Crippen LogP contribution in [0.4, 0.5) is 0 Å². The zero-order chi connectivity index (χ0) is 14.3. The van der Waals surface area contributed by atoms with Gasteiger partial charge in [0, 0.05) is 19.6 Å². The number of rotatable bonds is 7. The molecule has 0 radical (unpaired) electrons. The predicted octanol–water partition coefficient (Wildman–Crippen LogP) is 0.135. The van der Waals surface area contributed by atoms with E-state index in [1.165, 1.54) is 4.68 Å². The third-order valence-electron chi connectivity index (χ3n) is 2.52. The van der Waals surface area contributed by atoms with Crippen molar-refractivity contribution in [1.82, 2.24) is 19.9 Å². The van der Waals surface area contributed by atoms with E-state index in [-0.39, 0.29) is 12.5 Å². The Morgan fingerprint density at radius 1 is 1.63 bits per heavy atom. The molecular weight excluding hydrogens is 244 g/mol. The van der Waals surface area contributed by atoms with Crippen molar-refractivity contribution in [1.29, 1.82) is 5.26 Å². The molecule has 1 rings (SSSR count). The number of aromatic nitrogens is 3. The number of carbonyl (C=O) groups is 1. The fourth-order valence-electron chi connectivity index (χ4n) is 1.69. The van der Waals surface area contributed by atoms with Crippen molar-refractivity contribution < 1.29 is 4.79 Å². The van der Waals surface area contributed by atoms with Crippen LogP contribution in [0.3, 0.4) is 0 Å². The summed E-state index contributed by atoms with van der Waals surface area (Å²) in [4.78, 5) is 13.8. The second kappa shape index (κ2) is 7.48. The molecule has 0 aliphatic rings. The standard InChI is InChI=1S/C12H20N6O/c1-10(2)7-17(5-3-4-13)12(19)9-18-8-11(6-14)15-16-18/h8,10H,3,5-7,9,14H2,1-2H3. The molecule has 104 valence electrons. The summed E-state index contributed by atoms with van der Waals surface area (Å²) in [7, 11) is 0. The van der Waals surface area contributed by atoms with Crippen LogP contribution in [0.5, 0.6) is 0 Å². The van der Waals surface area contributed by atoms with E-state index in [0.717, 1.165) is 0 Å². The molecule has 7 heteroatoms. The molecule has 1 aromatic heterocycles. The van der Waals surface area contributed by atoms with Crippen LogP contribution in [0.15, 0.2) is 6.20 Å². The molecule has 0 saturated carbocycles. The minimum atomic E-state index is -0.0579. The summed E-state index contributed by atoms with van der Waals surface area (Å²) in [5, 5.41) is 16.3. The molecular formula is C12H20N6O. The Bertz CT molecular complexity index is 447. The third kappa shape index (κ3) is 5.06. The Hall–Kier alpha value is -1.94. The van der Waals surface area contributed by atoms with Crippen LogP contribution in [0.25, 0.3) is 0 Å². The van der Waals surface area contributed by atoms with Gasteiger partial charge in [-0.25, -0.2) is 4.68 Å². The molecule has 0 aromatic carbocycles. The van der Waals surface area contributed by atoms with Gasteiger partial charge in [-0.2, -0.15) is 5.26 Å². The number of nitrogens with zero attached hydrogens (tertiary/aromatic N) is 5. The highest BCUT2D eigenvalue weighted by atomic mass is 16.2. The van der Waals surface area contributed by atoms with Gasteiger partial charge in [0.05, 0.1) is 24.4 Å². The number of nitrogens with two attached hydrogens (primary N) is 1. The highest BCUT2D eigenvalue weighted by Gasteiger charge is 2.15. The van der Waals surface area contributed by atoms with Gasteiger partial charge in [-0.3, -0.25) is 4.79 Å². The van der Waals surface area contributed by atoms with Crippen LogP contribution in [0, 0.1) is 17.2 Å². The first-order chi connectivity index (χ1) is 9.06. The van der Waals surface area contributed by atoms with Gasteiger partial charge in [0.25, 0.3) is 0 Å². The molecule has 19 heavy (non-hydrogen) atoms. The van der Waals surface area contributed by atoms with E-state index in [2.05, 4.69) is 16.4 Å². The molecule has 1 amide bonds. The van der Waals surface area contributed by atoms with Gasteiger partial charge in [-0.05, 0) is 5.92 Å². The molecule has 0 unspecified atom stereocenters. The zero-order valence-electron chi connectivity index (χ0n) is 11.4. The second-order valence-corrected chi connectivity index (χ2v) is 4.75. The average Bonchev–Trinajstić information content (AvgIpc) is 2.81. The molecule has 0 fully saturated rings. The quantitative estimate of drug-likeness (QED) is 0.754. The minimum Gasteiger partial charge on any atom is -0.340 e. The molecule has 0 saturated heterocycles. The van der Waals surface area contributed by atoms with Crippen LogP contribution >= 0.6 is 0 Å². The largest absolute Gasteiger partial charge is 0.340 e. The molecule has 0 aliphatic carbocycles. The van der Waals surface area contributed by atoms with Gasteiger partial charge in [0.2, 0.25) is 5.91 Å². The smallest absolute Gasteiger partial charge is 0.244 e. The average molecular weight is 264 g/mol. The molecule has 0 bridgehead atoms. The van der Waals surface area contributed by atoms with Crippen molar-refractivity contribution in [3.63, 3.8) is 0 Å². The Labute approximate surface area is 113 Å². The van der Waals surface area contributed by atoms with Gasteiger partial charge in [-0.15, -0.1) is 5.10 Å². The summed E-state index contributed by atoms with van der Waals surface area (Å²) in [5.74, 6) is 0.301. The summed E-state index contributed by atoms with van der Waals surface area (Å²) < 4.78 is 1.48. The molecule has 1 aromatic rings. The van der Waals surface area contributed by atoms with Gasteiger partial charge >= 0.3 is 0 Å². The van der Waals surface area contributed by atoms with E-state index < -0.39 is 0 Å². The molecule has 0 spiro atoms. The maximum Gasteiger partial charge on any atom is 0.244 e. The third-order valence-corrected chi connectivity index (χ3v) is 2.52. The first-order valence-corrected chi connectivity index (χ1v) is 6.30. The van der Waals surface area contributed by atoms with Crippen LogP contribution in [0.1, 0.15) is 26.0 Å². The summed E-state index contributed by atoms with van der Waals surface area (Å²) in [6.45, 7) is 5.59. The summed E-state index contributed by atoms with van der Waals surface area (Å²) >= 11 is 0. The van der Waals surface area contributed by atoms with Crippen LogP contribution < -0.4 is 5.73 Å². The SMILES string of the molecule is CC(C)CN(CCC#N)C(=O)Cn1cc(CN)nn1. The second-order valence-electron chi connectivity index (χ2n) is 4.75. The molecule has 0 aliphatic heterocycles. The fourth-order valence-corrected chi connectivity index (χ4v) is 1.69. The van der Waals surface area contributed by atoms with E-state index in [9.17, 15) is 4.79 Å². The van der Waals surface area contributed by atoms with Crippen molar-refractivity contribution in [2.45, 2.75) is 33.4 Å². The number of carbonyl (C=O) groups excluding carboxylic acids is 1. The maximum absolute atomic E-state index is 12.1. The number of hydrogen-bond donors (Lipinski definition) is 1. The van der Waals surface area contributed by atoms with Crippen molar-refractivity contribution >= 4 is 5.91 Å². The fraction of sp³-hybridized carbons (Fsp3) is 0.667. The topological polar surface area (TPSA) is 101 Å². The minimum absolute atomic E-state index is 0.0579. The Balaban J connectivity index is 2.62. The van der Waals surface area contributed by atoms with Crippen molar-refractivity contribution in [2.24, 2.45) is 11.7 Å². The first kappa shape index (κ1) is 15.1. The highest BCUT2D eigenvalue weighted by molar-refractivity contribution is 5.75. The summed E-state index contributed by atoms with van der Waals surface area (Å²) in [5.41, 5.74) is 6.09. The predicted molar refractivity (Wildman–Crippen MR) is 69.6 cm³/mol. The molecule has 7 nitrogen and oxygen atoms in total. The van der Waals surface area contributed by atoms with Gasteiger partial charge in [0.15, 0.2) is 0 Å². The monoisotopic (exact) mass is 264 g/mol. The number of nitriles is 1. The van der Waals surface area contributed by atoms with Gasteiger partial charge < -0.3 is 10.6 Å². The molecule has 0 atom stereocenters. The van der Waals surface area contributed by atoms with E-state index in [1.54, 1.807) is 11.1 Å². The number of hydrogen-bond acceptors (Lipinski definition) is 5. The number of amides is 1. The lowest BCUT2D eigenvalue weighted by Crippen LogP contribution is -2.37. The van der Waals surface area contributed by atoms with Gasteiger partial charge in [-0.1, -0.05) is 19.1 Å². The van der Waals surface area contributed by atoms with Crippen molar-refractivity contribution in [3.05, 3.63) is 11.9 Å². The lowest BCUT2D eigenvalue weighted by atomic mass is 10.2. The van der Waals surface area contributed by atoms with Crippen LogP contribution in [0.2, 0.25) is 0 Å². The first-order valence-electron chi connectivity index (χ1n) is 6.30. The van der Waals surface area contributed by atoms with Crippen LogP contribution in [-0.4, -0.2) is 38.9 Å². The maximum atomic E-state index is 12.1.